The summed E-state index contributed by atoms with van der Waals surface area (Å²) in [6.07, 6.45) is 0.349. The van der Waals surface area contributed by atoms with Gasteiger partial charge >= 0.3 is 0 Å². The van der Waals surface area contributed by atoms with E-state index in [2.05, 4.69) is 21.9 Å². The fraction of sp³-hybridized carbons (Fsp3) is 0.462. The molecule has 1 heterocycles. The van der Waals surface area contributed by atoms with Gasteiger partial charge in [-0.3, -0.25) is 14.9 Å². The van der Waals surface area contributed by atoms with Crippen LogP contribution in [0.15, 0.2) is 30.3 Å². The van der Waals surface area contributed by atoms with Gasteiger partial charge in [0.1, 0.15) is 0 Å². The Hall–Kier alpha value is -1.59. The van der Waals surface area contributed by atoms with E-state index in [4.69, 9.17) is 5.21 Å². The van der Waals surface area contributed by atoms with Crippen molar-refractivity contribution >= 4 is 11.6 Å². The zero-order valence-electron chi connectivity index (χ0n) is 10.4. The number of nitrogens with zero attached hydrogens (tertiary/aromatic N) is 2. The molecule has 1 amide bonds. The Morgan fingerprint density at radius 3 is 2.44 bits per heavy atom. The van der Waals surface area contributed by atoms with Crippen LogP contribution < -0.4 is 10.4 Å². The molecule has 0 aliphatic carbocycles. The third kappa shape index (κ3) is 3.45. The minimum atomic E-state index is -0.319. The van der Waals surface area contributed by atoms with Crippen LogP contribution in [0.25, 0.3) is 0 Å². The van der Waals surface area contributed by atoms with Crippen molar-refractivity contribution in [3.05, 3.63) is 30.3 Å². The molecule has 0 aromatic heterocycles. The number of carbonyl (C=O) groups is 1. The highest BCUT2D eigenvalue weighted by Crippen LogP contribution is 2.15. The number of hydrogen-bond acceptors (Lipinski definition) is 4. The van der Waals surface area contributed by atoms with Gasteiger partial charge in [0.15, 0.2) is 0 Å². The van der Waals surface area contributed by atoms with Crippen LogP contribution in [-0.4, -0.2) is 48.7 Å². The molecule has 18 heavy (non-hydrogen) atoms. The quantitative estimate of drug-likeness (QED) is 0.609. The lowest BCUT2D eigenvalue weighted by molar-refractivity contribution is -0.129. The molecule has 1 aromatic rings. The highest BCUT2D eigenvalue weighted by atomic mass is 16.5. The van der Waals surface area contributed by atoms with Crippen molar-refractivity contribution in [1.82, 2.24) is 10.4 Å². The SMILES string of the molecule is O=C(CCN1CCN(c2ccccc2)CC1)NO. The van der Waals surface area contributed by atoms with Crippen LogP contribution in [0.4, 0.5) is 5.69 Å². The summed E-state index contributed by atoms with van der Waals surface area (Å²) >= 11 is 0. The minimum Gasteiger partial charge on any atom is -0.369 e. The standard InChI is InChI=1S/C13H19N3O2/c17-13(14-18)6-7-15-8-10-16(11-9-15)12-4-2-1-3-5-12/h1-5,18H,6-11H2,(H,14,17). The lowest BCUT2D eigenvalue weighted by atomic mass is 10.2. The lowest BCUT2D eigenvalue weighted by Gasteiger charge is -2.35. The van der Waals surface area contributed by atoms with E-state index in [0.29, 0.717) is 13.0 Å². The molecule has 1 saturated heterocycles. The molecular weight excluding hydrogens is 230 g/mol. The number of hydroxylamine groups is 1. The summed E-state index contributed by atoms with van der Waals surface area (Å²) in [5, 5.41) is 8.43. The molecule has 0 atom stereocenters. The second-order valence-electron chi connectivity index (χ2n) is 4.45. The molecule has 1 aromatic carbocycles. The Labute approximate surface area is 107 Å². The molecule has 0 radical (unpaired) electrons. The van der Waals surface area contributed by atoms with Crippen LogP contribution in [0, 0.1) is 0 Å². The largest absolute Gasteiger partial charge is 0.369 e. The first-order valence-corrected chi connectivity index (χ1v) is 6.25. The van der Waals surface area contributed by atoms with Crippen LogP contribution in [0.2, 0.25) is 0 Å². The summed E-state index contributed by atoms with van der Waals surface area (Å²) in [5.41, 5.74) is 2.92. The van der Waals surface area contributed by atoms with Crippen LogP contribution in [-0.2, 0) is 4.79 Å². The Balaban J connectivity index is 1.76. The topological polar surface area (TPSA) is 55.8 Å². The fourth-order valence-corrected chi connectivity index (χ4v) is 2.18. The summed E-state index contributed by atoms with van der Waals surface area (Å²) in [4.78, 5) is 15.5. The van der Waals surface area contributed by atoms with Crippen LogP contribution in [0.5, 0.6) is 0 Å². The van der Waals surface area contributed by atoms with E-state index in [1.165, 1.54) is 5.69 Å². The Kier molecular flexibility index (Phi) is 4.55. The van der Waals surface area contributed by atoms with Gasteiger partial charge < -0.3 is 4.90 Å². The zero-order valence-corrected chi connectivity index (χ0v) is 10.4. The number of rotatable bonds is 4. The molecule has 2 rings (SSSR count). The Bertz CT molecular complexity index is 375. The monoisotopic (exact) mass is 249 g/mol. The van der Waals surface area contributed by atoms with E-state index in [1.54, 1.807) is 5.48 Å². The average molecular weight is 249 g/mol. The maximum Gasteiger partial charge on any atom is 0.244 e. The van der Waals surface area contributed by atoms with Gasteiger partial charge in [-0.05, 0) is 12.1 Å². The first-order chi connectivity index (χ1) is 8.79. The number of benzene rings is 1. The number of hydrogen-bond donors (Lipinski definition) is 2. The number of nitrogens with one attached hydrogen (secondary N) is 1. The molecule has 1 fully saturated rings. The van der Waals surface area contributed by atoms with Crippen molar-refractivity contribution in [2.45, 2.75) is 6.42 Å². The van der Waals surface area contributed by atoms with Crippen molar-refractivity contribution in [2.75, 3.05) is 37.6 Å². The third-order valence-electron chi connectivity index (χ3n) is 3.27. The highest BCUT2D eigenvalue weighted by Gasteiger charge is 2.17. The second kappa shape index (κ2) is 6.37. The van der Waals surface area contributed by atoms with E-state index in [1.807, 2.05) is 18.2 Å². The molecule has 0 unspecified atom stereocenters. The van der Waals surface area contributed by atoms with Crippen molar-refractivity contribution in [1.29, 1.82) is 0 Å². The van der Waals surface area contributed by atoms with Gasteiger partial charge in [-0.25, -0.2) is 5.48 Å². The Morgan fingerprint density at radius 2 is 1.83 bits per heavy atom. The predicted octanol–water partition coefficient (Wildman–Crippen LogP) is 0.704. The number of carbonyl (C=O) groups excluding carboxylic acids is 1. The normalized spacial score (nSPS) is 16.6. The summed E-state index contributed by atoms with van der Waals surface area (Å²) in [6, 6.07) is 10.4. The molecule has 1 aliphatic heterocycles. The number of amides is 1. The van der Waals surface area contributed by atoms with Gasteiger partial charge in [0.25, 0.3) is 0 Å². The van der Waals surface area contributed by atoms with Crippen molar-refractivity contribution < 1.29 is 10.0 Å². The summed E-state index contributed by atoms with van der Waals surface area (Å²) < 4.78 is 0. The smallest absolute Gasteiger partial charge is 0.244 e. The second-order valence-corrected chi connectivity index (χ2v) is 4.45. The summed E-state index contributed by atoms with van der Waals surface area (Å²) in [7, 11) is 0. The molecule has 0 bridgehead atoms. The van der Waals surface area contributed by atoms with Crippen LogP contribution in [0.3, 0.4) is 0 Å². The number of piperazine rings is 1. The van der Waals surface area contributed by atoms with Crippen LogP contribution >= 0.6 is 0 Å². The van der Waals surface area contributed by atoms with Crippen molar-refractivity contribution in [3.8, 4) is 0 Å². The van der Waals surface area contributed by atoms with E-state index in [-0.39, 0.29) is 5.91 Å². The van der Waals surface area contributed by atoms with E-state index in [0.717, 1.165) is 26.2 Å². The molecule has 98 valence electrons. The highest BCUT2D eigenvalue weighted by molar-refractivity contribution is 5.74. The molecule has 1 aliphatic rings. The molecule has 0 saturated carbocycles. The average Bonchev–Trinajstić information content (AvgIpc) is 2.46. The fourth-order valence-electron chi connectivity index (χ4n) is 2.18. The third-order valence-corrected chi connectivity index (χ3v) is 3.27. The number of anilines is 1. The Morgan fingerprint density at radius 1 is 1.17 bits per heavy atom. The van der Waals surface area contributed by atoms with Gasteiger partial charge in [0.2, 0.25) is 5.91 Å². The zero-order chi connectivity index (χ0) is 12.8. The van der Waals surface area contributed by atoms with Crippen LogP contribution in [0.1, 0.15) is 6.42 Å². The molecular formula is C13H19N3O2. The number of para-hydroxylation sites is 1. The summed E-state index contributed by atoms with van der Waals surface area (Å²) in [5.74, 6) is -0.319. The maximum absolute atomic E-state index is 10.9. The molecule has 5 nitrogen and oxygen atoms in total. The van der Waals surface area contributed by atoms with E-state index < -0.39 is 0 Å². The molecule has 5 heteroatoms. The van der Waals surface area contributed by atoms with E-state index >= 15 is 0 Å². The summed E-state index contributed by atoms with van der Waals surface area (Å²) in [6.45, 7) is 4.56. The predicted molar refractivity (Wildman–Crippen MR) is 69.6 cm³/mol. The molecule has 2 N–H and O–H groups in total. The van der Waals surface area contributed by atoms with E-state index in [9.17, 15) is 4.79 Å². The lowest BCUT2D eigenvalue weighted by Crippen LogP contribution is -2.47. The van der Waals surface area contributed by atoms with Crippen molar-refractivity contribution in [3.63, 3.8) is 0 Å². The van der Waals surface area contributed by atoms with Gasteiger partial charge in [-0.2, -0.15) is 0 Å². The molecule has 0 spiro atoms. The van der Waals surface area contributed by atoms with Gasteiger partial charge in [0, 0.05) is 44.8 Å². The van der Waals surface area contributed by atoms with Gasteiger partial charge in [-0.15, -0.1) is 0 Å². The first-order valence-electron chi connectivity index (χ1n) is 6.25. The first kappa shape index (κ1) is 12.9. The van der Waals surface area contributed by atoms with Gasteiger partial charge in [-0.1, -0.05) is 18.2 Å². The maximum atomic E-state index is 10.9. The van der Waals surface area contributed by atoms with Crippen molar-refractivity contribution in [2.24, 2.45) is 0 Å². The van der Waals surface area contributed by atoms with Gasteiger partial charge in [0.05, 0.1) is 0 Å². The minimum absolute atomic E-state index is 0.319.